The van der Waals surface area contributed by atoms with Crippen LogP contribution in [-0.4, -0.2) is 29.6 Å². The Bertz CT molecular complexity index is 1790. The summed E-state index contributed by atoms with van der Waals surface area (Å²) in [6, 6.07) is 12.0. The molecule has 3 aromatic rings. The molecular weight excluding hydrogens is 636 g/mol. The van der Waals surface area contributed by atoms with E-state index in [0.29, 0.717) is 36.3 Å². The molecule has 2 aliphatic heterocycles. The molecule has 0 unspecified atom stereocenters. The lowest BCUT2D eigenvalue weighted by molar-refractivity contribution is -0.143. The first-order chi connectivity index (χ1) is 22.7. The first kappa shape index (κ1) is 33.8. The molecule has 0 spiro atoms. The first-order valence-corrected chi connectivity index (χ1v) is 16.1. The third kappa shape index (κ3) is 6.13. The predicted molar refractivity (Wildman–Crippen MR) is 169 cm³/mol. The largest absolute Gasteiger partial charge is 0.507 e. The lowest BCUT2D eigenvalue weighted by Gasteiger charge is -2.32. The second-order valence-corrected chi connectivity index (χ2v) is 12.8. The van der Waals surface area contributed by atoms with Crippen molar-refractivity contribution in [2.75, 3.05) is 11.5 Å². The van der Waals surface area contributed by atoms with E-state index in [1.165, 1.54) is 0 Å². The number of alkyl halides is 6. The molecule has 2 amide bonds. The standard InChI is InChI=1S/C37H35F6NO4/c1-3-7-22-15-28-33(35(47)44(34(28)46)25-17-23(36(38,39)40)16-24(18-25)37(41,42)43)29-19-48-31(32(22)29)13-10-20(4-2)14-21-11-12-30(45)27-9-6-5-8-26(21)27/h5-6,8-9,11-12,14,16-18,28-29,31,33,45H,3-4,7,10,13,15,19H2,1-2H3/b20-14+/t28-,29+,31-,33-/m1/s1. The molecule has 3 aliphatic rings. The number of ether oxygens (including phenoxy) is 1. The van der Waals surface area contributed by atoms with Gasteiger partial charge in [-0.05, 0) is 72.9 Å². The number of hydrogen-bond acceptors (Lipinski definition) is 4. The number of rotatable bonds is 8. The molecule has 2 fully saturated rings. The SMILES string of the molecule is CCCC1=C2[C@@H](CC/C(=C/c3ccc(O)c4ccccc34)CC)OC[C@@H]2[C@@H]2C(=O)N(c3cc(C(F)(F)F)cc(C(F)(F)F)c3)C(=O)[C@@H]2C1. The minimum absolute atomic E-state index is 0.0147. The summed E-state index contributed by atoms with van der Waals surface area (Å²) in [6.45, 7) is 4.16. The van der Waals surface area contributed by atoms with E-state index in [0.717, 1.165) is 45.9 Å². The molecule has 0 bridgehead atoms. The number of aromatic hydroxyl groups is 1. The Morgan fingerprint density at radius 1 is 0.917 bits per heavy atom. The van der Waals surface area contributed by atoms with Crippen LogP contribution in [0.25, 0.3) is 16.8 Å². The number of imide groups is 1. The van der Waals surface area contributed by atoms with Gasteiger partial charge >= 0.3 is 12.4 Å². The molecule has 1 N–H and O–H groups in total. The third-order valence-corrected chi connectivity index (χ3v) is 9.87. The molecule has 3 aromatic carbocycles. The number of allylic oxidation sites excluding steroid dienone is 2. The molecular formula is C37H35F6NO4. The monoisotopic (exact) mass is 671 g/mol. The number of hydrogen-bond donors (Lipinski definition) is 1. The second-order valence-electron chi connectivity index (χ2n) is 12.8. The molecule has 2 saturated heterocycles. The zero-order chi connectivity index (χ0) is 34.5. The quantitative estimate of drug-likeness (QED) is 0.147. The van der Waals surface area contributed by atoms with Gasteiger partial charge in [0.1, 0.15) is 5.75 Å². The molecule has 0 aromatic heterocycles. The van der Waals surface area contributed by atoms with Gasteiger partial charge in [0.25, 0.3) is 0 Å². The molecule has 6 rings (SSSR count). The fourth-order valence-electron chi connectivity index (χ4n) is 7.65. The van der Waals surface area contributed by atoms with Crippen molar-refractivity contribution >= 4 is 34.4 Å². The average Bonchev–Trinajstić information content (AvgIpc) is 3.57. The van der Waals surface area contributed by atoms with Crippen molar-refractivity contribution < 1.29 is 45.8 Å². The van der Waals surface area contributed by atoms with Crippen molar-refractivity contribution in [3.8, 4) is 5.75 Å². The molecule has 0 saturated carbocycles. The van der Waals surface area contributed by atoms with Gasteiger partial charge in [-0.25, -0.2) is 4.90 Å². The van der Waals surface area contributed by atoms with Crippen LogP contribution in [0.5, 0.6) is 5.75 Å². The fraction of sp³-hybridized carbons (Fsp3) is 0.405. The number of fused-ring (bicyclic) bond motifs is 4. The second kappa shape index (κ2) is 12.7. The summed E-state index contributed by atoms with van der Waals surface area (Å²) in [5, 5.41) is 12.0. The van der Waals surface area contributed by atoms with Crippen LogP contribution in [-0.2, 0) is 26.7 Å². The van der Waals surface area contributed by atoms with Gasteiger partial charge in [-0.2, -0.15) is 26.3 Å². The number of amides is 2. The Morgan fingerprint density at radius 3 is 2.21 bits per heavy atom. The predicted octanol–water partition coefficient (Wildman–Crippen LogP) is 9.48. The molecule has 48 heavy (non-hydrogen) atoms. The topological polar surface area (TPSA) is 66.8 Å². The van der Waals surface area contributed by atoms with E-state index in [1.54, 1.807) is 6.07 Å². The van der Waals surface area contributed by atoms with Crippen molar-refractivity contribution in [2.45, 2.75) is 70.8 Å². The zero-order valence-corrected chi connectivity index (χ0v) is 26.4. The van der Waals surface area contributed by atoms with Gasteiger partial charge in [-0.15, -0.1) is 0 Å². The lowest BCUT2D eigenvalue weighted by atomic mass is 9.68. The van der Waals surface area contributed by atoms with E-state index in [1.807, 2.05) is 37.3 Å². The average molecular weight is 672 g/mol. The number of phenolic OH excluding ortho intramolecular Hbond substituents is 1. The Balaban J connectivity index is 1.28. The third-order valence-electron chi connectivity index (χ3n) is 9.87. The lowest BCUT2D eigenvalue weighted by Crippen LogP contribution is -2.34. The van der Waals surface area contributed by atoms with Gasteiger partial charge in [-0.3, -0.25) is 9.59 Å². The zero-order valence-electron chi connectivity index (χ0n) is 26.4. The highest BCUT2D eigenvalue weighted by molar-refractivity contribution is 6.22. The van der Waals surface area contributed by atoms with Crippen LogP contribution in [0.3, 0.4) is 0 Å². The minimum atomic E-state index is -5.12. The maximum atomic E-state index is 13.9. The van der Waals surface area contributed by atoms with Crippen LogP contribution in [0.2, 0.25) is 0 Å². The number of anilines is 1. The maximum Gasteiger partial charge on any atom is 0.416 e. The maximum absolute atomic E-state index is 13.9. The van der Waals surface area contributed by atoms with Crippen molar-refractivity contribution in [3.63, 3.8) is 0 Å². The first-order valence-electron chi connectivity index (χ1n) is 16.1. The summed E-state index contributed by atoms with van der Waals surface area (Å²) < 4.78 is 88.1. The van der Waals surface area contributed by atoms with Crippen LogP contribution < -0.4 is 4.90 Å². The highest BCUT2D eigenvalue weighted by Crippen LogP contribution is 2.52. The van der Waals surface area contributed by atoms with E-state index in [-0.39, 0.29) is 30.9 Å². The number of benzene rings is 3. The summed E-state index contributed by atoms with van der Waals surface area (Å²) in [6.07, 6.45) is -4.87. The Morgan fingerprint density at radius 2 is 1.58 bits per heavy atom. The Kier molecular flexibility index (Phi) is 8.95. The molecule has 5 nitrogen and oxygen atoms in total. The highest BCUT2D eigenvalue weighted by atomic mass is 19.4. The number of halogens is 6. The summed E-state index contributed by atoms with van der Waals surface area (Å²) in [5.74, 6) is -3.72. The van der Waals surface area contributed by atoms with Crippen molar-refractivity contribution in [3.05, 3.63) is 88.0 Å². The van der Waals surface area contributed by atoms with Crippen LogP contribution in [0, 0.1) is 17.8 Å². The van der Waals surface area contributed by atoms with Crippen molar-refractivity contribution in [1.82, 2.24) is 0 Å². The van der Waals surface area contributed by atoms with Gasteiger partial charge in [-0.1, -0.05) is 67.8 Å². The molecule has 0 radical (unpaired) electrons. The van der Waals surface area contributed by atoms with Gasteiger partial charge in [0.2, 0.25) is 11.8 Å². The van der Waals surface area contributed by atoms with Crippen LogP contribution in [0.1, 0.15) is 69.1 Å². The normalized spacial score (nSPS) is 23.3. The molecule has 2 heterocycles. The van der Waals surface area contributed by atoms with E-state index in [2.05, 4.69) is 13.0 Å². The Hall–Kier alpha value is -4.12. The number of nitrogens with zero attached hydrogens (tertiary/aromatic N) is 1. The van der Waals surface area contributed by atoms with Crippen LogP contribution >= 0.6 is 0 Å². The molecule has 254 valence electrons. The van der Waals surface area contributed by atoms with Gasteiger partial charge < -0.3 is 9.84 Å². The number of carbonyl (C=O) groups excluding carboxylic acids is 2. The fourth-order valence-corrected chi connectivity index (χ4v) is 7.65. The van der Waals surface area contributed by atoms with Gasteiger partial charge in [0, 0.05) is 11.3 Å². The summed E-state index contributed by atoms with van der Waals surface area (Å²) >= 11 is 0. The number of phenols is 1. The van der Waals surface area contributed by atoms with Crippen LogP contribution in [0.15, 0.2) is 71.3 Å². The minimum Gasteiger partial charge on any atom is -0.507 e. The van der Waals surface area contributed by atoms with Gasteiger partial charge in [0.05, 0.1) is 41.4 Å². The summed E-state index contributed by atoms with van der Waals surface area (Å²) in [4.78, 5) is 28.1. The van der Waals surface area contributed by atoms with E-state index in [9.17, 15) is 41.0 Å². The summed E-state index contributed by atoms with van der Waals surface area (Å²) in [5.41, 5.74) is 0.126. The molecule has 11 heteroatoms. The molecule has 1 aliphatic carbocycles. The number of carbonyl (C=O) groups is 2. The van der Waals surface area contributed by atoms with E-state index >= 15 is 0 Å². The molecule has 4 atom stereocenters. The highest BCUT2D eigenvalue weighted by Gasteiger charge is 2.57. The summed E-state index contributed by atoms with van der Waals surface area (Å²) in [7, 11) is 0. The van der Waals surface area contributed by atoms with Crippen molar-refractivity contribution in [1.29, 1.82) is 0 Å². The van der Waals surface area contributed by atoms with Crippen molar-refractivity contribution in [2.24, 2.45) is 17.8 Å². The van der Waals surface area contributed by atoms with E-state index < -0.39 is 58.7 Å². The Labute approximate surface area is 273 Å². The van der Waals surface area contributed by atoms with Gasteiger partial charge in [0.15, 0.2) is 0 Å². The smallest absolute Gasteiger partial charge is 0.416 e. The van der Waals surface area contributed by atoms with E-state index in [4.69, 9.17) is 4.74 Å². The van der Waals surface area contributed by atoms with Crippen LogP contribution in [0.4, 0.5) is 32.0 Å².